The average Bonchev–Trinajstić information content (AvgIpc) is 3.00. The number of phenols is 1. The van der Waals surface area contributed by atoms with Crippen LogP contribution in [0.4, 0.5) is 0 Å². The minimum atomic E-state index is 0. The van der Waals surface area contributed by atoms with Gasteiger partial charge in [0.25, 0.3) is 0 Å². The molecule has 0 amide bonds. The number of phenolic OH excluding ortho intramolecular Hbond substituents is 1. The van der Waals surface area contributed by atoms with Gasteiger partial charge < -0.3 is 15.7 Å². The fourth-order valence-corrected chi connectivity index (χ4v) is 2.89. The predicted octanol–water partition coefficient (Wildman–Crippen LogP) is 3.89. The standard InChI is InChI=1S/C17H23N3OS.HI/c1-3-15-9-10-16(22-15)12-20-17(18-4-2)19-11-13-5-7-14(21)8-6-13;/h5-10,21H,3-4,11-12H2,1-2H3,(H2,18,19,20);1H. The minimum absolute atomic E-state index is 0. The van der Waals surface area contributed by atoms with Crippen molar-refractivity contribution in [1.29, 1.82) is 0 Å². The van der Waals surface area contributed by atoms with Crippen LogP contribution in [-0.4, -0.2) is 17.6 Å². The van der Waals surface area contributed by atoms with E-state index in [0.29, 0.717) is 6.54 Å². The van der Waals surface area contributed by atoms with E-state index in [4.69, 9.17) is 0 Å². The van der Waals surface area contributed by atoms with Crippen LogP contribution in [0, 0.1) is 0 Å². The number of aliphatic imine (C=N–C) groups is 1. The van der Waals surface area contributed by atoms with Crippen LogP contribution in [0.3, 0.4) is 0 Å². The molecule has 126 valence electrons. The number of rotatable bonds is 6. The second kappa shape index (κ2) is 10.5. The summed E-state index contributed by atoms with van der Waals surface area (Å²) in [5, 5.41) is 15.9. The Labute approximate surface area is 159 Å². The molecular formula is C17H24IN3OS. The van der Waals surface area contributed by atoms with Gasteiger partial charge in [-0.15, -0.1) is 35.3 Å². The van der Waals surface area contributed by atoms with Crippen molar-refractivity contribution in [3.05, 3.63) is 51.7 Å². The first-order valence-corrected chi connectivity index (χ1v) is 8.40. The van der Waals surface area contributed by atoms with Gasteiger partial charge in [-0.3, -0.25) is 0 Å². The van der Waals surface area contributed by atoms with Crippen LogP contribution in [0.15, 0.2) is 41.4 Å². The fourth-order valence-electron chi connectivity index (χ4n) is 1.99. The Bertz CT molecular complexity index is 611. The van der Waals surface area contributed by atoms with Gasteiger partial charge in [0.05, 0.1) is 13.1 Å². The van der Waals surface area contributed by atoms with Crippen LogP contribution in [0.25, 0.3) is 0 Å². The van der Waals surface area contributed by atoms with Crippen LogP contribution in [-0.2, 0) is 19.5 Å². The maximum Gasteiger partial charge on any atom is 0.191 e. The Kier molecular flexibility index (Phi) is 9.01. The molecule has 0 aliphatic heterocycles. The van der Waals surface area contributed by atoms with Crippen molar-refractivity contribution in [2.75, 3.05) is 6.54 Å². The summed E-state index contributed by atoms with van der Waals surface area (Å²) in [5.41, 5.74) is 1.07. The SMILES string of the molecule is CCNC(=NCc1ccc(O)cc1)NCc1ccc(CC)s1.I. The van der Waals surface area contributed by atoms with E-state index in [-0.39, 0.29) is 29.7 Å². The van der Waals surface area contributed by atoms with E-state index in [1.54, 1.807) is 12.1 Å². The van der Waals surface area contributed by atoms with Gasteiger partial charge >= 0.3 is 0 Å². The number of aryl methyl sites for hydroxylation is 1. The molecule has 0 atom stereocenters. The van der Waals surface area contributed by atoms with E-state index < -0.39 is 0 Å². The third kappa shape index (κ3) is 6.78. The lowest BCUT2D eigenvalue weighted by molar-refractivity contribution is 0.475. The summed E-state index contributed by atoms with van der Waals surface area (Å²) in [4.78, 5) is 7.29. The number of halogens is 1. The third-order valence-electron chi connectivity index (χ3n) is 3.20. The van der Waals surface area contributed by atoms with E-state index in [2.05, 4.69) is 41.6 Å². The molecule has 2 aromatic rings. The number of hydrogen-bond acceptors (Lipinski definition) is 3. The van der Waals surface area contributed by atoms with Crippen molar-refractivity contribution < 1.29 is 5.11 Å². The van der Waals surface area contributed by atoms with Gasteiger partial charge in [-0.25, -0.2) is 4.99 Å². The number of benzene rings is 1. The van der Waals surface area contributed by atoms with E-state index in [1.165, 1.54) is 9.75 Å². The first-order valence-electron chi connectivity index (χ1n) is 7.59. The van der Waals surface area contributed by atoms with Crippen LogP contribution in [0.1, 0.15) is 29.2 Å². The normalized spacial score (nSPS) is 11.0. The molecular weight excluding hydrogens is 421 g/mol. The zero-order valence-electron chi connectivity index (χ0n) is 13.5. The van der Waals surface area contributed by atoms with Crippen molar-refractivity contribution in [3.8, 4) is 5.75 Å². The number of guanidine groups is 1. The summed E-state index contributed by atoms with van der Waals surface area (Å²) in [6.07, 6.45) is 1.08. The highest BCUT2D eigenvalue weighted by Gasteiger charge is 2.01. The molecule has 2 rings (SSSR count). The number of nitrogens with one attached hydrogen (secondary N) is 2. The Morgan fingerprint density at radius 3 is 2.35 bits per heavy atom. The summed E-state index contributed by atoms with van der Waals surface area (Å²) in [7, 11) is 0. The number of hydrogen-bond donors (Lipinski definition) is 3. The van der Waals surface area contributed by atoms with Crippen molar-refractivity contribution in [1.82, 2.24) is 10.6 Å². The second-order valence-electron chi connectivity index (χ2n) is 4.94. The zero-order chi connectivity index (χ0) is 15.8. The topological polar surface area (TPSA) is 56.7 Å². The monoisotopic (exact) mass is 445 g/mol. The highest BCUT2D eigenvalue weighted by atomic mass is 127. The van der Waals surface area contributed by atoms with E-state index >= 15 is 0 Å². The molecule has 1 aromatic carbocycles. The Balaban J connectivity index is 0.00000264. The summed E-state index contributed by atoms with van der Waals surface area (Å²) in [5.74, 6) is 1.09. The number of aromatic hydroxyl groups is 1. The molecule has 0 bridgehead atoms. The predicted molar refractivity (Wildman–Crippen MR) is 109 cm³/mol. The summed E-state index contributed by atoms with van der Waals surface area (Å²) >= 11 is 1.84. The first kappa shape index (κ1) is 19.8. The molecule has 6 heteroatoms. The lowest BCUT2D eigenvalue weighted by atomic mass is 10.2. The smallest absolute Gasteiger partial charge is 0.191 e. The fraction of sp³-hybridized carbons (Fsp3) is 0.353. The Hall–Kier alpha value is -1.28. The molecule has 1 aromatic heterocycles. The van der Waals surface area contributed by atoms with Gasteiger partial charge in [0.2, 0.25) is 0 Å². The molecule has 0 aliphatic carbocycles. The average molecular weight is 445 g/mol. The van der Waals surface area contributed by atoms with Crippen molar-refractivity contribution in [3.63, 3.8) is 0 Å². The summed E-state index contributed by atoms with van der Waals surface area (Å²) < 4.78 is 0. The largest absolute Gasteiger partial charge is 0.508 e. The van der Waals surface area contributed by atoms with Crippen LogP contribution in [0.5, 0.6) is 5.75 Å². The third-order valence-corrected chi connectivity index (χ3v) is 4.43. The lowest BCUT2D eigenvalue weighted by Crippen LogP contribution is -2.36. The molecule has 23 heavy (non-hydrogen) atoms. The number of nitrogens with zero attached hydrogens (tertiary/aromatic N) is 1. The lowest BCUT2D eigenvalue weighted by Gasteiger charge is -2.10. The summed E-state index contributed by atoms with van der Waals surface area (Å²) in [6, 6.07) is 11.5. The zero-order valence-corrected chi connectivity index (χ0v) is 16.7. The van der Waals surface area contributed by atoms with Crippen molar-refractivity contribution in [2.45, 2.75) is 33.4 Å². The second-order valence-corrected chi connectivity index (χ2v) is 6.19. The molecule has 0 fully saturated rings. The van der Waals surface area contributed by atoms with E-state index in [0.717, 1.165) is 31.0 Å². The van der Waals surface area contributed by atoms with E-state index in [9.17, 15) is 5.11 Å². The van der Waals surface area contributed by atoms with Crippen molar-refractivity contribution >= 4 is 41.3 Å². The van der Waals surface area contributed by atoms with Gasteiger partial charge in [0, 0.05) is 16.3 Å². The van der Waals surface area contributed by atoms with E-state index in [1.807, 2.05) is 23.5 Å². The van der Waals surface area contributed by atoms with Gasteiger partial charge in [0.1, 0.15) is 5.75 Å². The quantitative estimate of drug-likeness (QED) is 0.359. The summed E-state index contributed by atoms with van der Waals surface area (Å²) in [6.45, 7) is 6.42. The maximum absolute atomic E-state index is 9.29. The highest BCUT2D eigenvalue weighted by Crippen LogP contribution is 2.16. The van der Waals surface area contributed by atoms with Crippen LogP contribution >= 0.6 is 35.3 Å². The molecule has 0 saturated heterocycles. The van der Waals surface area contributed by atoms with Crippen molar-refractivity contribution in [2.24, 2.45) is 4.99 Å². The Morgan fingerprint density at radius 1 is 1.04 bits per heavy atom. The van der Waals surface area contributed by atoms with Crippen LogP contribution < -0.4 is 10.6 Å². The molecule has 1 heterocycles. The molecule has 3 N–H and O–H groups in total. The van der Waals surface area contributed by atoms with Gasteiger partial charge in [0.15, 0.2) is 5.96 Å². The van der Waals surface area contributed by atoms with Gasteiger partial charge in [-0.1, -0.05) is 19.1 Å². The first-order chi connectivity index (χ1) is 10.7. The minimum Gasteiger partial charge on any atom is -0.508 e. The number of thiophene rings is 1. The molecule has 0 unspecified atom stereocenters. The molecule has 4 nitrogen and oxygen atoms in total. The molecule has 0 aliphatic rings. The van der Waals surface area contributed by atoms with Gasteiger partial charge in [-0.05, 0) is 43.2 Å². The van der Waals surface area contributed by atoms with Crippen LogP contribution in [0.2, 0.25) is 0 Å². The molecule has 0 spiro atoms. The maximum atomic E-state index is 9.29. The van der Waals surface area contributed by atoms with Gasteiger partial charge in [-0.2, -0.15) is 0 Å². The Morgan fingerprint density at radius 2 is 1.74 bits per heavy atom. The molecule has 0 saturated carbocycles. The molecule has 0 radical (unpaired) electrons. The highest BCUT2D eigenvalue weighted by molar-refractivity contribution is 14.0.